The molecule has 76 valence electrons. The van der Waals surface area contributed by atoms with Gasteiger partial charge in [-0.15, -0.1) is 0 Å². The lowest BCUT2D eigenvalue weighted by Crippen LogP contribution is -2.35. The summed E-state index contributed by atoms with van der Waals surface area (Å²) in [6.45, 7) is 4.14. The third kappa shape index (κ3) is 1.96. The van der Waals surface area contributed by atoms with Crippen LogP contribution in [0.2, 0.25) is 0 Å². The number of nitrogens with zero attached hydrogens (tertiary/aromatic N) is 2. The molecule has 0 spiro atoms. The Bertz CT molecular complexity index is 412. The van der Waals surface area contributed by atoms with Crippen LogP contribution in [0.1, 0.15) is 6.92 Å². The molecule has 1 aliphatic heterocycles. The summed E-state index contributed by atoms with van der Waals surface area (Å²) in [6, 6.07) is 0. The minimum absolute atomic E-state index is 0.249. The highest BCUT2D eigenvalue weighted by atomic mass is 32.1. The van der Waals surface area contributed by atoms with Gasteiger partial charge < -0.3 is 10.0 Å². The zero-order chi connectivity index (χ0) is 9.97. The molecule has 0 saturated carbocycles. The Morgan fingerprint density at radius 3 is 3.36 bits per heavy atom. The van der Waals surface area contributed by atoms with Gasteiger partial charge in [-0.1, -0.05) is 6.92 Å². The molecule has 0 saturated heterocycles. The van der Waals surface area contributed by atoms with Crippen LogP contribution < -0.4 is 9.75 Å². The molecule has 14 heavy (non-hydrogen) atoms. The van der Waals surface area contributed by atoms with Gasteiger partial charge in [-0.3, -0.25) is 0 Å². The van der Waals surface area contributed by atoms with E-state index in [-0.39, 0.29) is 6.61 Å². The van der Waals surface area contributed by atoms with Crippen LogP contribution in [0, 0.1) is 5.92 Å². The smallest absolute Gasteiger partial charge is 0.0542 e. The molecule has 1 aromatic rings. The van der Waals surface area contributed by atoms with Crippen molar-refractivity contribution in [3.63, 3.8) is 0 Å². The zero-order valence-electron chi connectivity index (χ0n) is 8.18. The minimum Gasteiger partial charge on any atom is -0.396 e. The van der Waals surface area contributed by atoms with Crippen molar-refractivity contribution in [2.75, 3.05) is 19.7 Å². The Hall–Kier alpha value is -0.870. The Morgan fingerprint density at radius 2 is 2.57 bits per heavy atom. The molecule has 2 rings (SSSR count). The van der Waals surface area contributed by atoms with Gasteiger partial charge in [-0.05, 0) is 23.5 Å². The SMILES string of the molecule is C[C@H](CO)CN1C=c2cnsc2=CC1. The van der Waals surface area contributed by atoms with Crippen molar-refractivity contribution < 1.29 is 5.11 Å². The number of hydrogen-bond donors (Lipinski definition) is 1. The average molecular weight is 210 g/mol. The number of aliphatic hydroxyl groups excluding tert-OH is 1. The van der Waals surface area contributed by atoms with E-state index in [2.05, 4.69) is 28.5 Å². The van der Waals surface area contributed by atoms with Crippen molar-refractivity contribution >= 4 is 23.8 Å². The summed E-state index contributed by atoms with van der Waals surface area (Å²) in [5.41, 5.74) is 0. The number of rotatable bonds is 3. The lowest BCUT2D eigenvalue weighted by atomic mass is 10.2. The van der Waals surface area contributed by atoms with E-state index in [1.54, 1.807) is 0 Å². The molecule has 0 radical (unpaired) electrons. The summed E-state index contributed by atoms with van der Waals surface area (Å²) in [4.78, 5) is 2.22. The molecule has 0 amide bonds. The lowest BCUT2D eigenvalue weighted by molar-refractivity contribution is 0.212. The van der Waals surface area contributed by atoms with Crippen molar-refractivity contribution in [1.82, 2.24) is 9.27 Å². The molecule has 0 unspecified atom stereocenters. The summed E-state index contributed by atoms with van der Waals surface area (Å²) < 4.78 is 5.40. The number of hydrogen-bond acceptors (Lipinski definition) is 4. The first-order valence-corrected chi connectivity index (χ1v) is 5.54. The van der Waals surface area contributed by atoms with Crippen LogP contribution in [0.15, 0.2) is 6.20 Å². The highest BCUT2D eigenvalue weighted by Gasteiger charge is 2.07. The Labute approximate surface area is 87.2 Å². The maximum Gasteiger partial charge on any atom is 0.0542 e. The first-order valence-electron chi connectivity index (χ1n) is 4.77. The zero-order valence-corrected chi connectivity index (χ0v) is 9.00. The van der Waals surface area contributed by atoms with E-state index in [4.69, 9.17) is 5.11 Å². The van der Waals surface area contributed by atoms with Gasteiger partial charge in [0, 0.05) is 37.3 Å². The van der Waals surface area contributed by atoms with Crippen LogP contribution in [0.25, 0.3) is 12.3 Å². The van der Waals surface area contributed by atoms with E-state index in [1.165, 1.54) is 21.3 Å². The second kappa shape index (κ2) is 4.11. The standard InChI is InChI=1S/C10H14N2OS/c1-8(7-13)5-12-3-2-10-9(6-12)4-11-14-10/h2,4,6,8,13H,3,5,7H2,1H3/t8-/m0/s1. The van der Waals surface area contributed by atoms with Crippen LogP contribution in [-0.4, -0.2) is 34.1 Å². The first-order chi connectivity index (χ1) is 6.79. The fraction of sp³-hybridized carbons (Fsp3) is 0.500. The van der Waals surface area contributed by atoms with Gasteiger partial charge in [-0.2, -0.15) is 4.37 Å². The summed E-state index contributed by atoms with van der Waals surface area (Å²) in [7, 11) is 0. The number of fused-ring (bicyclic) bond motifs is 1. The molecule has 4 heteroatoms. The third-order valence-electron chi connectivity index (χ3n) is 2.32. The third-order valence-corrected chi connectivity index (χ3v) is 3.13. The highest BCUT2D eigenvalue weighted by Crippen LogP contribution is 2.01. The van der Waals surface area contributed by atoms with E-state index in [0.717, 1.165) is 13.1 Å². The molecule has 3 nitrogen and oxygen atoms in total. The Morgan fingerprint density at radius 1 is 1.71 bits per heavy atom. The van der Waals surface area contributed by atoms with Gasteiger partial charge in [0.2, 0.25) is 0 Å². The van der Waals surface area contributed by atoms with E-state index >= 15 is 0 Å². The predicted molar refractivity (Wildman–Crippen MR) is 58.1 cm³/mol. The summed E-state index contributed by atoms with van der Waals surface area (Å²) in [6.07, 6.45) is 6.22. The predicted octanol–water partition coefficient (Wildman–Crippen LogP) is -0.394. The molecular formula is C10H14N2OS. The quantitative estimate of drug-likeness (QED) is 0.738. The van der Waals surface area contributed by atoms with E-state index < -0.39 is 0 Å². The average Bonchev–Trinajstić information content (AvgIpc) is 2.64. The van der Waals surface area contributed by atoms with Crippen molar-refractivity contribution in [2.24, 2.45) is 5.92 Å². The van der Waals surface area contributed by atoms with Crippen molar-refractivity contribution in [2.45, 2.75) is 6.92 Å². The van der Waals surface area contributed by atoms with Crippen LogP contribution in [0.4, 0.5) is 0 Å². The molecule has 1 aliphatic rings. The lowest BCUT2D eigenvalue weighted by Gasteiger charge is -2.23. The normalized spacial score (nSPS) is 16.9. The van der Waals surface area contributed by atoms with Crippen molar-refractivity contribution in [3.8, 4) is 0 Å². The van der Waals surface area contributed by atoms with Crippen LogP contribution >= 0.6 is 11.5 Å². The topological polar surface area (TPSA) is 36.4 Å². The van der Waals surface area contributed by atoms with Gasteiger partial charge >= 0.3 is 0 Å². The molecular weight excluding hydrogens is 196 g/mol. The fourth-order valence-corrected chi connectivity index (χ4v) is 2.18. The van der Waals surface area contributed by atoms with Gasteiger partial charge in [0.1, 0.15) is 0 Å². The largest absolute Gasteiger partial charge is 0.396 e. The summed E-state index contributed by atoms with van der Waals surface area (Å²) in [5, 5.41) is 10.2. The fourth-order valence-electron chi connectivity index (χ4n) is 1.54. The minimum atomic E-state index is 0.249. The highest BCUT2D eigenvalue weighted by molar-refractivity contribution is 7.03. The molecule has 0 aliphatic carbocycles. The van der Waals surface area contributed by atoms with Gasteiger partial charge in [0.05, 0.1) is 4.53 Å². The molecule has 1 N–H and O–H groups in total. The number of aliphatic hydroxyl groups is 1. The second-order valence-electron chi connectivity index (χ2n) is 3.72. The molecule has 1 aromatic heterocycles. The second-order valence-corrected chi connectivity index (χ2v) is 4.55. The molecule has 1 atom stereocenters. The molecule has 0 bridgehead atoms. The Kier molecular flexibility index (Phi) is 2.84. The maximum absolute atomic E-state index is 8.96. The maximum atomic E-state index is 8.96. The van der Waals surface area contributed by atoms with Crippen LogP contribution in [-0.2, 0) is 0 Å². The van der Waals surface area contributed by atoms with E-state index in [0.29, 0.717) is 5.92 Å². The van der Waals surface area contributed by atoms with Gasteiger partial charge in [-0.25, -0.2) is 0 Å². The van der Waals surface area contributed by atoms with Crippen LogP contribution in [0.3, 0.4) is 0 Å². The summed E-state index contributed by atoms with van der Waals surface area (Å²) >= 11 is 1.54. The van der Waals surface area contributed by atoms with Crippen molar-refractivity contribution in [1.29, 1.82) is 0 Å². The molecule has 0 fully saturated rings. The Balaban J connectivity index is 2.14. The summed E-state index contributed by atoms with van der Waals surface area (Å²) in [5.74, 6) is 0.327. The van der Waals surface area contributed by atoms with Gasteiger partial charge in [0.15, 0.2) is 0 Å². The monoisotopic (exact) mass is 210 g/mol. The van der Waals surface area contributed by atoms with Crippen molar-refractivity contribution in [3.05, 3.63) is 15.9 Å². The van der Waals surface area contributed by atoms with Gasteiger partial charge in [0.25, 0.3) is 0 Å². The first kappa shape index (κ1) is 9.68. The van der Waals surface area contributed by atoms with E-state index in [9.17, 15) is 0 Å². The molecule has 0 aromatic carbocycles. The van der Waals surface area contributed by atoms with E-state index in [1.807, 2.05) is 6.20 Å². The van der Waals surface area contributed by atoms with Crippen LogP contribution in [0.5, 0.6) is 0 Å². The number of aromatic nitrogens is 1. The molecule has 2 heterocycles.